The quantitative estimate of drug-likeness (QED) is 0.262. The van der Waals surface area contributed by atoms with Crippen molar-refractivity contribution in [1.82, 2.24) is 20.6 Å². The van der Waals surface area contributed by atoms with Crippen molar-refractivity contribution in [3.63, 3.8) is 0 Å². The van der Waals surface area contributed by atoms with Gasteiger partial charge in [-0.15, -0.1) is 0 Å². The van der Waals surface area contributed by atoms with Gasteiger partial charge in [0.05, 0.1) is 25.4 Å². The van der Waals surface area contributed by atoms with Gasteiger partial charge in [0.1, 0.15) is 11.6 Å². The van der Waals surface area contributed by atoms with E-state index in [1.165, 1.54) is 0 Å². The van der Waals surface area contributed by atoms with Crippen LogP contribution >= 0.6 is 0 Å². The van der Waals surface area contributed by atoms with Gasteiger partial charge in [0.25, 0.3) is 5.91 Å². The zero-order valence-electron chi connectivity index (χ0n) is 22.9. The topological polar surface area (TPSA) is 122 Å². The molecule has 4 N–H and O–H groups in total. The molecule has 1 aromatic heterocycles. The average Bonchev–Trinajstić information content (AvgIpc) is 2.86. The molecule has 2 aromatic carbocycles. The summed E-state index contributed by atoms with van der Waals surface area (Å²) in [5.74, 6) is 0.903. The molecule has 0 aliphatic rings. The summed E-state index contributed by atoms with van der Waals surface area (Å²) in [6.07, 6.45) is 0. The lowest BCUT2D eigenvalue weighted by Crippen LogP contribution is -2.42. The summed E-state index contributed by atoms with van der Waals surface area (Å²) < 4.78 is 5.01. The van der Waals surface area contributed by atoms with Crippen LogP contribution in [0.1, 0.15) is 42.6 Å². The third-order valence-corrected chi connectivity index (χ3v) is 5.65. The first-order valence-corrected chi connectivity index (χ1v) is 12.6. The zero-order valence-corrected chi connectivity index (χ0v) is 22.9. The molecule has 38 heavy (non-hydrogen) atoms. The van der Waals surface area contributed by atoms with Crippen molar-refractivity contribution in [2.24, 2.45) is 5.41 Å². The van der Waals surface area contributed by atoms with Crippen LogP contribution in [0.4, 0.5) is 11.5 Å². The average molecular weight is 519 g/mol. The molecule has 0 aliphatic heterocycles. The van der Waals surface area contributed by atoms with E-state index in [0.717, 1.165) is 11.1 Å². The maximum absolute atomic E-state index is 12.8. The van der Waals surface area contributed by atoms with Gasteiger partial charge in [0.2, 0.25) is 5.91 Å². The summed E-state index contributed by atoms with van der Waals surface area (Å²) in [6.45, 7) is 10.0. The predicted octanol–water partition coefficient (Wildman–Crippen LogP) is 3.58. The van der Waals surface area contributed by atoms with E-state index >= 15 is 0 Å². The number of hydrogen-bond donors (Lipinski definition) is 3. The minimum absolute atomic E-state index is 0.0709. The van der Waals surface area contributed by atoms with E-state index in [1.807, 2.05) is 47.4 Å². The smallest absolute Gasteiger partial charge is 0.251 e. The third kappa shape index (κ3) is 8.85. The Morgan fingerprint density at radius 1 is 0.974 bits per heavy atom. The highest BCUT2D eigenvalue weighted by Crippen LogP contribution is 2.22. The maximum atomic E-state index is 12.8. The maximum Gasteiger partial charge on any atom is 0.251 e. The fourth-order valence-electron chi connectivity index (χ4n) is 3.94. The summed E-state index contributed by atoms with van der Waals surface area (Å²) in [7, 11) is 1.60. The molecule has 0 atom stereocenters. The zero-order chi connectivity index (χ0) is 27.7. The lowest BCUT2D eigenvalue weighted by Gasteiger charge is -2.30. The lowest BCUT2D eigenvalue weighted by atomic mass is 9.96. The third-order valence-electron chi connectivity index (χ3n) is 5.65. The van der Waals surface area contributed by atoms with E-state index in [4.69, 9.17) is 10.5 Å². The van der Waals surface area contributed by atoms with Crippen LogP contribution in [0, 0.1) is 12.3 Å². The monoisotopic (exact) mass is 518 g/mol. The normalized spacial score (nSPS) is 11.2. The molecule has 2 amide bonds. The second-order valence-electron chi connectivity index (χ2n) is 10.4. The van der Waals surface area contributed by atoms with Gasteiger partial charge < -0.3 is 26.0 Å². The van der Waals surface area contributed by atoms with Crippen molar-refractivity contribution in [2.75, 3.05) is 44.0 Å². The summed E-state index contributed by atoms with van der Waals surface area (Å²) >= 11 is 0. The molecule has 9 nitrogen and oxygen atoms in total. The number of methoxy groups -OCH3 is 1. The van der Waals surface area contributed by atoms with Crippen LogP contribution in [0.25, 0.3) is 11.1 Å². The summed E-state index contributed by atoms with van der Waals surface area (Å²) in [5, 5.41) is 5.80. The second kappa shape index (κ2) is 13.0. The number of nitrogen functional groups attached to an aromatic ring is 1. The van der Waals surface area contributed by atoms with E-state index < -0.39 is 0 Å². The minimum atomic E-state index is -0.198. The Labute approximate surface area is 224 Å². The van der Waals surface area contributed by atoms with Crippen LogP contribution in [-0.2, 0) is 16.1 Å². The summed E-state index contributed by atoms with van der Waals surface area (Å²) in [4.78, 5) is 36.4. The molecule has 1 heterocycles. The van der Waals surface area contributed by atoms with Gasteiger partial charge in [-0.1, -0.05) is 45.0 Å². The molecule has 0 bridgehead atoms. The van der Waals surface area contributed by atoms with Gasteiger partial charge >= 0.3 is 0 Å². The number of aryl methyl sites for hydroxylation is 1. The van der Waals surface area contributed by atoms with Crippen LogP contribution < -0.4 is 21.3 Å². The van der Waals surface area contributed by atoms with Gasteiger partial charge in [-0.2, -0.15) is 0 Å². The first-order valence-electron chi connectivity index (χ1n) is 12.6. The largest absolute Gasteiger partial charge is 0.399 e. The van der Waals surface area contributed by atoms with Gasteiger partial charge in [-0.05, 0) is 47.7 Å². The summed E-state index contributed by atoms with van der Waals surface area (Å²) in [5.41, 5.74) is 9.66. The standard InChI is InChI=1S/C29H38N6O3/c1-20-33-25(16-26(34-20)35(19-29(2,3)4)18-27(36)31-14-15-38-5)17-32-28(37)23-8-6-21(7-9-23)22-10-12-24(30)13-11-22/h6-13,16H,14-15,17-19,30H2,1-5H3,(H,31,36)(H,32,37). The SMILES string of the molecule is COCCNC(=O)CN(CC(C)(C)C)c1cc(CNC(=O)c2ccc(-c3ccc(N)cc3)cc2)nc(C)n1. The molecule has 9 heteroatoms. The second-order valence-corrected chi connectivity index (χ2v) is 10.4. The molecule has 0 fully saturated rings. The number of hydrogen-bond acceptors (Lipinski definition) is 7. The number of benzene rings is 2. The first kappa shape index (κ1) is 28.6. The first-order chi connectivity index (χ1) is 18.0. The number of carbonyl (C=O) groups excluding carboxylic acids is 2. The van der Waals surface area contributed by atoms with E-state index in [0.29, 0.717) is 48.3 Å². The Bertz CT molecular complexity index is 1220. The fourth-order valence-corrected chi connectivity index (χ4v) is 3.94. The van der Waals surface area contributed by atoms with Crippen molar-refractivity contribution in [3.05, 3.63) is 71.7 Å². The highest BCUT2D eigenvalue weighted by molar-refractivity contribution is 5.94. The van der Waals surface area contributed by atoms with E-state index in [-0.39, 0.29) is 30.3 Å². The molecule has 3 aromatic rings. The number of nitrogens with zero attached hydrogens (tertiary/aromatic N) is 3. The number of ether oxygens (including phenoxy) is 1. The molecular weight excluding hydrogens is 480 g/mol. The van der Waals surface area contributed by atoms with E-state index in [2.05, 4.69) is 41.4 Å². The van der Waals surface area contributed by atoms with Crippen molar-refractivity contribution >= 4 is 23.3 Å². The van der Waals surface area contributed by atoms with E-state index in [9.17, 15) is 9.59 Å². The van der Waals surface area contributed by atoms with Crippen molar-refractivity contribution in [2.45, 2.75) is 34.2 Å². The Hall–Kier alpha value is -3.98. The molecule has 0 radical (unpaired) electrons. The Morgan fingerprint density at radius 2 is 1.61 bits per heavy atom. The number of amides is 2. The summed E-state index contributed by atoms with van der Waals surface area (Å²) in [6, 6.07) is 16.8. The molecule has 0 spiro atoms. The van der Waals surface area contributed by atoms with Crippen molar-refractivity contribution in [1.29, 1.82) is 0 Å². The minimum Gasteiger partial charge on any atom is -0.399 e. The number of aromatic nitrogens is 2. The molecular formula is C29H38N6O3. The number of anilines is 2. The van der Waals surface area contributed by atoms with Crippen LogP contribution in [0.2, 0.25) is 0 Å². The van der Waals surface area contributed by atoms with Crippen molar-refractivity contribution < 1.29 is 14.3 Å². The predicted molar refractivity (Wildman–Crippen MR) is 151 cm³/mol. The molecule has 0 saturated heterocycles. The van der Waals surface area contributed by atoms with Gasteiger partial charge in [-0.3, -0.25) is 9.59 Å². The number of carbonyl (C=O) groups is 2. The molecule has 202 valence electrons. The van der Waals surface area contributed by atoms with E-state index in [1.54, 1.807) is 26.2 Å². The Morgan fingerprint density at radius 3 is 2.21 bits per heavy atom. The van der Waals surface area contributed by atoms with Crippen LogP contribution in [0.15, 0.2) is 54.6 Å². The Kier molecular flexibility index (Phi) is 9.78. The fraction of sp³-hybridized carbons (Fsp3) is 0.379. The van der Waals surface area contributed by atoms with Gasteiger partial charge in [0, 0.05) is 37.5 Å². The number of nitrogens with two attached hydrogens (primary N) is 1. The lowest BCUT2D eigenvalue weighted by molar-refractivity contribution is -0.120. The van der Waals surface area contributed by atoms with Gasteiger partial charge in [-0.25, -0.2) is 9.97 Å². The Balaban J connectivity index is 1.69. The van der Waals surface area contributed by atoms with Crippen LogP contribution in [-0.4, -0.2) is 55.1 Å². The number of rotatable bonds is 11. The van der Waals surface area contributed by atoms with Gasteiger partial charge in [0.15, 0.2) is 0 Å². The molecule has 0 unspecified atom stereocenters. The molecule has 3 rings (SSSR count). The number of nitrogens with one attached hydrogen (secondary N) is 2. The molecule has 0 saturated carbocycles. The van der Waals surface area contributed by atoms with Crippen LogP contribution in [0.3, 0.4) is 0 Å². The molecule has 0 aliphatic carbocycles. The van der Waals surface area contributed by atoms with Crippen molar-refractivity contribution in [3.8, 4) is 11.1 Å². The van der Waals surface area contributed by atoms with Crippen LogP contribution in [0.5, 0.6) is 0 Å². The highest BCUT2D eigenvalue weighted by Gasteiger charge is 2.21. The highest BCUT2D eigenvalue weighted by atomic mass is 16.5.